The molecule has 2 aliphatic rings. The quantitative estimate of drug-likeness (QED) is 0.703. The molecule has 0 aromatic carbocycles. The number of carboxylic acids is 1. The second-order valence-electron chi connectivity index (χ2n) is 7.62. The van der Waals surface area contributed by atoms with Crippen molar-refractivity contribution in [2.45, 2.75) is 45.2 Å². The molecule has 2 N–H and O–H groups in total. The number of anilines is 2. The fraction of sp³-hybridized carbons (Fsp3) is 0.429. The van der Waals surface area contributed by atoms with E-state index in [9.17, 15) is 14.7 Å². The van der Waals surface area contributed by atoms with E-state index in [1.807, 2.05) is 6.92 Å². The molecule has 9 heteroatoms. The van der Waals surface area contributed by atoms with Crippen molar-refractivity contribution in [3.8, 4) is 0 Å². The van der Waals surface area contributed by atoms with Gasteiger partial charge >= 0.3 is 5.97 Å². The van der Waals surface area contributed by atoms with Crippen LogP contribution in [0.5, 0.6) is 0 Å². The molecule has 4 heterocycles. The molecule has 0 amide bonds. The number of nitrogens with zero attached hydrogens (tertiary/aromatic N) is 4. The average Bonchev–Trinajstić information content (AvgIpc) is 2.75. The van der Waals surface area contributed by atoms with E-state index in [4.69, 9.17) is 16.6 Å². The van der Waals surface area contributed by atoms with Gasteiger partial charge in [0.1, 0.15) is 16.8 Å². The Morgan fingerprint density at radius 1 is 1.20 bits per heavy atom. The Bertz CT molecular complexity index is 1060. The molecule has 0 unspecified atom stereocenters. The maximum Gasteiger partial charge on any atom is 0.356 e. The molecule has 158 valence electrons. The van der Waals surface area contributed by atoms with Crippen molar-refractivity contribution in [3.05, 3.63) is 51.3 Å². The van der Waals surface area contributed by atoms with Crippen LogP contribution >= 0.6 is 11.6 Å². The average molecular weight is 430 g/mol. The number of piperidine rings is 1. The Hall–Kier alpha value is -2.87. The summed E-state index contributed by atoms with van der Waals surface area (Å²) in [6.45, 7) is 4.31. The second kappa shape index (κ2) is 8.47. The van der Waals surface area contributed by atoms with Crippen LogP contribution in [0.2, 0.25) is 5.15 Å². The molecule has 8 nitrogen and oxygen atoms in total. The predicted octanol–water partition coefficient (Wildman–Crippen LogP) is 3.27. The van der Waals surface area contributed by atoms with E-state index in [0.29, 0.717) is 30.3 Å². The van der Waals surface area contributed by atoms with Crippen molar-refractivity contribution in [1.82, 2.24) is 14.5 Å². The molecule has 30 heavy (non-hydrogen) atoms. The zero-order valence-corrected chi connectivity index (χ0v) is 17.5. The minimum absolute atomic E-state index is 0.0576. The fourth-order valence-corrected chi connectivity index (χ4v) is 4.20. The number of hydrogen-bond acceptors (Lipinski definition) is 6. The molecule has 0 saturated carbocycles. The van der Waals surface area contributed by atoms with Gasteiger partial charge in [-0.1, -0.05) is 17.7 Å². The molecule has 0 bridgehead atoms. The van der Waals surface area contributed by atoms with Gasteiger partial charge in [-0.3, -0.25) is 9.36 Å². The summed E-state index contributed by atoms with van der Waals surface area (Å²) in [5.41, 5.74) is 1.03. The third-order valence-corrected chi connectivity index (χ3v) is 5.76. The van der Waals surface area contributed by atoms with E-state index < -0.39 is 5.97 Å². The lowest BCUT2D eigenvalue weighted by Gasteiger charge is -2.30. The molecule has 1 saturated heterocycles. The van der Waals surface area contributed by atoms with Crippen molar-refractivity contribution in [3.63, 3.8) is 0 Å². The Kier molecular flexibility index (Phi) is 5.76. The third-order valence-electron chi connectivity index (χ3n) is 5.55. The predicted molar refractivity (Wildman–Crippen MR) is 116 cm³/mol. The van der Waals surface area contributed by atoms with Crippen molar-refractivity contribution in [1.29, 1.82) is 0 Å². The van der Waals surface area contributed by atoms with Crippen LogP contribution in [-0.2, 0) is 6.54 Å². The van der Waals surface area contributed by atoms with Gasteiger partial charge < -0.3 is 15.3 Å². The zero-order chi connectivity index (χ0) is 21.3. The van der Waals surface area contributed by atoms with Crippen LogP contribution in [0.3, 0.4) is 0 Å². The molecular formula is C21H24ClN5O3. The first-order chi connectivity index (χ1) is 14.4. The number of aromatic nitrogens is 3. The third kappa shape index (κ3) is 4.05. The van der Waals surface area contributed by atoms with Gasteiger partial charge in [0.2, 0.25) is 0 Å². The Morgan fingerprint density at radius 3 is 2.70 bits per heavy atom. The Morgan fingerprint density at radius 2 is 1.97 bits per heavy atom. The number of carboxylic acid groups (broad SMARTS) is 1. The Balaban J connectivity index is 1.66. The number of nitrogens with one attached hydrogen (secondary N) is 1. The standard InChI is InChI=1S/C21H24ClN5O3/c1-13(23-15-7-8-16(22)24-19(15)21(29)30)14-6-5-11-27-18(28)12-17(25-20(14)27)26-9-3-2-4-10-26/h6-8,12-13,23H,2-5,9-11H2,1H3,(H,29,30)/t13-/m1/s1. The summed E-state index contributed by atoms with van der Waals surface area (Å²) in [6, 6.07) is 4.50. The monoisotopic (exact) mass is 429 g/mol. The second-order valence-corrected chi connectivity index (χ2v) is 8.01. The molecule has 0 spiro atoms. The number of allylic oxidation sites excluding steroid dienone is 1. The fourth-order valence-electron chi connectivity index (χ4n) is 4.05. The number of hydrogen-bond donors (Lipinski definition) is 2. The number of carbonyl (C=O) groups is 1. The topological polar surface area (TPSA) is 100 Å². The minimum atomic E-state index is -1.16. The van der Waals surface area contributed by atoms with Crippen molar-refractivity contribution < 1.29 is 9.90 Å². The summed E-state index contributed by atoms with van der Waals surface area (Å²) in [4.78, 5) is 35.3. The van der Waals surface area contributed by atoms with Crippen LogP contribution in [0.4, 0.5) is 11.5 Å². The maximum absolute atomic E-state index is 12.8. The summed E-state index contributed by atoms with van der Waals surface area (Å²) in [5, 5.41) is 12.8. The number of rotatable bonds is 5. The van der Waals surface area contributed by atoms with Crippen LogP contribution in [0.1, 0.15) is 48.9 Å². The normalized spacial score (nSPS) is 17.1. The zero-order valence-electron chi connectivity index (χ0n) is 16.8. The van der Waals surface area contributed by atoms with Crippen molar-refractivity contribution in [2.75, 3.05) is 23.3 Å². The number of pyridine rings is 1. The van der Waals surface area contributed by atoms with Gasteiger partial charge in [0.05, 0.1) is 11.7 Å². The van der Waals surface area contributed by atoms with Crippen LogP contribution in [-0.4, -0.2) is 44.7 Å². The van der Waals surface area contributed by atoms with Gasteiger partial charge in [-0.2, -0.15) is 0 Å². The summed E-state index contributed by atoms with van der Waals surface area (Å²) in [7, 11) is 0. The lowest BCUT2D eigenvalue weighted by molar-refractivity contribution is 0.0691. The minimum Gasteiger partial charge on any atom is -0.476 e. The van der Waals surface area contributed by atoms with E-state index in [-0.39, 0.29) is 22.4 Å². The highest BCUT2D eigenvalue weighted by Gasteiger charge is 2.24. The molecule has 1 atom stereocenters. The van der Waals surface area contributed by atoms with Gasteiger partial charge in [0, 0.05) is 31.3 Å². The van der Waals surface area contributed by atoms with Gasteiger partial charge in [-0.15, -0.1) is 0 Å². The highest BCUT2D eigenvalue weighted by molar-refractivity contribution is 6.29. The van der Waals surface area contributed by atoms with Gasteiger partial charge in [-0.05, 0) is 44.7 Å². The number of aromatic carboxylic acids is 1. The first-order valence-corrected chi connectivity index (χ1v) is 10.6. The van der Waals surface area contributed by atoms with Crippen molar-refractivity contribution >= 4 is 34.6 Å². The van der Waals surface area contributed by atoms with Gasteiger partial charge in [0.15, 0.2) is 5.69 Å². The van der Waals surface area contributed by atoms with Crippen LogP contribution in [0.15, 0.2) is 29.1 Å². The number of halogens is 1. The lowest BCUT2D eigenvalue weighted by Crippen LogP contribution is -2.35. The molecular weight excluding hydrogens is 406 g/mol. The highest BCUT2D eigenvalue weighted by Crippen LogP contribution is 2.27. The molecule has 0 aliphatic carbocycles. The maximum atomic E-state index is 12.8. The summed E-state index contributed by atoms with van der Waals surface area (Å²) >= 11 is 5.86. The van der Waals surface area contributed by atoms with E-state index in [2.05, 4.69) is 21.3 Å². The molecule has 2 aromatic heterocycles. The summed E-state index contributed by atoms with van der Waals surface area (Å²) in [6.07, 6.45) is 6.17. The number of fused-ring (bicyclic) bond motifs is 1. The van der Waals surface area contributed by atoms with E-state index in [0.717, 1.165) is 31.5 Å². The molecule has 4 rings (SSSR count). The largest absolute Gasteiger partial charge is 0.476 e. The van der Waals surface area contributed by atoms with Crippen LogP contribution in [0.25, 0.3) is 5.57 Å². The van der Waals surface area contributed by atoms with E-state index in [1.165, 1.54) is 6.42 Å². The first kappa shape index (κ1) is 20.4. The smallest absolute Gasteiger partial charge is 0.356 e. The van der Waals surface area contributed by atoms with E-state index in [1.54, 1.807) is 22.8 Å². The first-order valence-electron chi connectivity index (χ1n) is 10.2. The van der Waals surface area contributed by atoms with Crippen molar-refractivity contribution in [2.24, 2.45) is 0 Å². The SMILES string of the molecule is C[C@@H](Nc1ccc(Cl)nc1C(=O)O)C1=CCCn2c1nc(N1CCCCC1)cc2=O. The van der Waals surface area contributed by atoms with E-state index >= 15 is 0 Å². The molecule has 0 radical (unpaired) electrons. The van der Waals surface area contributed by atoms with Crippen LogP contribution in [0, 0.1) is 0 Å². The van der Waals surface area contributed by atoms with Gasteiger partial charge in [0.25, 0.3) is 5.56 Å². The molecule has 2 aliphatic heterocycles. The van der Waals surface area contributed by atoms with Gasteiger partial charge in [-0.25, -0.2) is 14.8 Å². The highest BCUT2D eigenvalue weighted by atomic mass is 35.5. The summed E-state index contributed by atoms with van der Waals surface area (Å²) < 4.78 is 1.69. The summed E-state index contributed by atoms with van der Waals surface area (Å²) in [5.74, 6) is 0.186. The lowest BCUT2D eigenvalue weighted by atomic mass is 10.0. The van der Waals surface area contributed by atoms with Crippen LogP contribution < -0.4 is 15.8 Å². The molecule has 1 fully saturated rings. The molecule has 2 aromatic rings. The Labute approximate surface area is 179 Å².